The van der Waals surface area contributed by atoms with Gasteiger partial charge in [-0.1, -0.05) is 29.8 Å². The summed E-state index contributed by atoms with van der Waals surface area (Å²) in [5.74, 6) is -0.0881. The van der Waals surface area contributed by atoms with Crippen LogP contribution in [-0.4, -0.2) is 23.9 Å². The Labute approximate surface area is 100 Å². The Bertz CT molecular complexity index is 362. The Hall–Kier alpha value is -1.32. The minimum atomic E-state index is -0.0881. The maximum Gasteiger partial charge on any atom is 0.236 e. The maximum atomic E-state index is 11.5. The third-order valence-electron chi connectivity index (χ3n) is 2.16. The Morgan fingerprint density at radius 2 is 2.06 bits per heavy atom. The lowest BCUT2D eigenvalue weighted by Gasteiger charge is -2.20. The molecule has 3 nitrogen and oxygen atoms in total. The van der Waals surface area contributed by atoms with Gasteiger partial charge < -0.3 is 10.6 Å². The van der Waals surface area contributed by atoms with E-state index in [2.05, 4.69) is 6.58 Å². The summed E-state index contributed by atoms with van der Waals surface area (Å²) in [5, 5.41) is 0.684. The molecule has 0 radical (unpaired) electrons. The predicted molar refractivity (Wildman–Crippen MR) is 66.1 cm³/mol. The molecule has 1 rings (SSSR count). The van der Waals surface area contributed by atoms with E-state index in [1.54, 1.807) is 23.1 Å². The van der Waals surface area contributed by atoms with E-state index in [1.807, 2.05) is 12.1 Å². The van der Waals surface area contributed by atoms with Crippen molar-refractivity contribution in [3.05, 3.63) is 47.5 Å². The number of carbonyl (C=O) groups excluding carboxylic acids is 1. The molecule has 16 heavy (non-hydrogen) atoms. The number of nitrogens with two attached hydrogens (primary N) is 1. The number of benzene rings is 1. The fourth-order valence-corrected chi connectivity index (χ4v) is 1.48. The van der Waals surface area contributed by atoms with Crippen molar-refractivity contribution >= 4 is 17.5 Å². The van der Waals surface area contributed by atoms with Crippen LogP contribution in [0.2, 0.25) is 5.02 Å². The summed E-state index contributed by atoms with van der Waals surface area (Å²) >= 11 is 5.78. The van der Waals surface area contributed by atoms with Gasteiger partial charge in [0.1, 0.15) is 0 Å². The van der Waals surface area contributed by atoms with E-state index in [1.165, 1.54) is 0 Å². The normalized spacial score (nSPS) is 9.88. The first-order valence-corrected chi connectivity index (χ1v) is 5.38. The van der Waals surface area contributed by atoms with Gasteiger partial charge in [0.15, 0.2) is 0 Å². The number of carbonyl (C=O) groups is 1. The summed E-state index contributed by atoms with van der Waals surface area (Å²) < 4.78 is 0. The van der Waals surface area contributed by atoms with Crippen LogP contribution in [-0.2, 0) is 11.3 Å². The summed E-state index contributed by atoms with van der Waals surface area (Å²) in [6.07, 6.45) is 1.68. The second-order valence-electron chi connectivity index (χ2n) is 3.39. The van der Waals surface area contributed by atoms with Gasteiger partial charge in [0.2, 0.25) is 5.91 Å². The molecule has 0 saturated carbocycles. The Morgan fingerprint density at radius 3 is 2.56 bits per heavy atom. The molecule has 86 valence electrons. The molecule has 0 saturated heterocycles. The van der Waals surface area contributed by atoms with E-state index in [9.17, 15) is 4.79 Å². The van der Waals surface area contributed by atoms with Gasteiger partial charge in [-0.25, -0.2) is 0 Å². The Kier molecular flexibility index (Phi) is 5.02. The van der Waals surface area contributed by atoms with Crippen molar-refractivity contribution in [2.75, 3.05) is 13.1 Å². The third kappa shape index (κ3) is 3.68. The molecule has 0 heterocycles. The highest BCUT2D eigenvalue weighted by molar-refractivity contribution is 6.30. The standard InChI is InChI=1S/C12H15ClN2O/c1-2-7-15(12(16)8-14)9-10-3-5-11(13)6-4-10/h2-6H,1,7-9,14H2. The van der Waals surface area contributed by atoms with Crippen LogP contribution < -0.4 is 5.73 Å². The van der Waals surface area contributed by atoms with Crippen LogP contribution >= 0.6 is 11.6 Å². The van der Waals surface area contributed by atoms with E-state index >= 15 is 0 Å². The molecule has 0 aliphatic rings. The minimum Gasteiger partial charge on any atom is -0.334 e. The molecule has 4 heteroatoms. The molecular formula is C12H15ClN2O. The average molecular weight is 239 g/mol. The maximum absolute atomic E-state index is 11.5. The lowest BCUT2D eigenvalue weighted by atomic mass is 10.2. The SMILES string of the molecule is C=CCN(Cc1ccc(Cl)cc1)C(=O)CN. The van der Waals surface area contributed by atoms with Crippen LogP contribution in [0.15, 0.2) is 36.9 Å². The second-order valence-corrected chi connectivity index (χ2v) is 3.83. The van der Waals surface area contributed by atoms with Gasteiger partial charge in [0, 0.05) is 18.1 Å². The molecule has 2 N–H and O–H groups in total. The van der Waals surface area contributed by atoms with Crippen molar-refractivity contribution < 1.29 is 4.79 Å². The summed E-state index contributed by atoms with van der Waals surface area (Å²) in [6, 6.07) is 7.39. The molecular weight excluding hydrogens is 224 g/mol. The summed E-state index contributed by atoms with van der Waals surface area (Å²) in [5.41, 5.74) is 6.36. The molecule has 0 spiro atoms. The van der Waals surface area contributed by atoms with Crippen LogP contribution in [0.4, 0.5) is 0 Å². The zero-order valence-corrected chi connectivity index (χ0v) is 9.78. The summed E-state index contributed by atoms with van der Waals surface area (Å²) in [6.45, 7) is 4.66. The Balaban J connectivity index is 2.71. The molecule has 0 aromatic heterocycles. The summed E-state index contributed by atoms with van der Waals surface area (Å²) in [4.78, 5) is 13.1. The monoisotopic (exact) mass is 238 g/mol. The van der Waals surface area contributed by atoms with Gasteiger partial charge in [-0.05, 0) is 17.7 Å². The van der Waals surface area contributed by atoms with Crippen molar-refractivity contribution in [2.45, 2.75) is 6.54 Å². The second kappa shape index (κ2) is 6.30. The average Bonchev–Trinajstić information content (AvgIpc) is 2.30. The first kappa shape index (κ1) is 12.7. The van der Waals surface area contributed by atoms with Crippen LogP contribution in [0.25, 0.3) is 0 Å². The van der Waals surface area contributed by atoms with Crippen LogP contribution in [0, 0.1) is 0 Å². The first-order chi connectivity index (χ1) is 7.67. The molecule has 1 aromatic carbocycles. The lowest BCUT2D eigenvalue weighted by molar-refractivity contribution is -0.129. The molecule has 0 bridgehead atoms. The molecule has 1 amide bonds. The van der Waals surface area contributed by atoms with Gasteiger partial charge in [-0.3, -0.25) is 4.79 Å². The lowest BCUT2D eigenvalue weighted by Crippen LogP contribution is -2.35. The van der Waals surface area contributed by atoms with Gasteiger partial charge in [0.25, 0.3) is 0 Å². The van der Waals surface area contributed by atoms with Crippen LogP contribution in [0.5, 0.6) is 0 Å². The van der Waals surface area contributed by atoms with Crippen molar-refractivity contribution in [1.29, 1.82) is 0 Å². The van der Waals surface area contributed by atoms with Gasteiger partial charge in [-0.15, -0.1) is 6.58 Å². The highest BCUT2D eigenvalue weighted by Crippen LogP contribution is 2.11. The van der Waals surface area contributed by atoms with Crippen LogP contribution in [0.1, 0.15) is 5.56 Å². The van der Waals surface area contributed by atoms with Crippen molar-refractivity contribution in [1.82, 2.24) is 4.90 Å². The van der Waals surface area contributed by atoms with Gasteiger partial charge in [-0.2, -0.15) is 0 Å². The van der Waals surface area contributed by atoms with Crippen molar-refractivity contribution in [2.24, 2.45) is 5.73 Å². The Morgan fingerprint density at radius 1 is 1.44 bits per heavy atom. The number of hydrogen-bond donors (Lipinski definition) is 1. The molecule has 0 unspecified atom stereocenters. The first-order valence-electron chi connectivity index (χ1n) is 5.00. The summed E-state index contributed by atoms with van der Waals surface area (Å²) in [7, 11) is 0. The largest absolute Gasteiger partial charge is 0.334 e. The highest BCUT2D eigenvalue weighted by Gasteiger charge is 2.10. The highest BCUT2D eigenvalue weighted by atomic mass is 35.5. The van der Waals surface area contributed by atoms with E-state index in [0.717, 1.165) is 5.56 Å². The third-order valence-corrected chi connectivity index (χ3v) is 2.42. The number of nitrogens with zero attached hydrogens (tertiary/aromatic N) is 1. The fraction of sp³-hybridized carbons (Fsp3) is 0.250. The number of amides is 1. The van der Waals surface area contributed by atoms with Crippen molar-refractivity contribution in [3.63, 3.8) is 0 Å². The van der Waals surface area contributed by atoms with E-state index in [0.29, 0.717) is 18.1 Å². The fourth-order valence-electron chi connectivity index (χ4n) is 1.35. The number of rotatable bonds is 5. The smallest absolute Gasteiger partial charge is 0.236 e. The van der Waals surface area contributed by atoms with Gasteiger partial charge in [0.05, 0.1) is 6.54 Å². The number of hydrogen-bond acceptors (Lipinski definition) is 2. The van der Waals surface area contributed by atoms with Crippen LogP contribution in [0.3, 0.4) is 0 Å². The zero-order chi connectivity index (χ0) is 12.0. The minimum absolute atomic E-state index is 0.0153. The number of halogens is 1. The quantitative estimate of drug-likeness (QED) is 0.796. The zero-order valence-electron chi connectivity index (χ0n) is 9.03. The topological polar surface area (TPSA) is 46.3 Å². The molecule has 0 atom stereocenters. The molecule has 1 aromatic rings. The molecule has 0 aliphatic carbocycles. The van der Waals surface area contributed by atoms with E-state index in [4.69, 9.17) is 17.3 Å². The van der Waals surface area contributed by atoms with E-state index < -0.39 is 0 Å². The molecule has 0 fully saturated rings. The predicted octanol–water partition coefficient (Wildman–Crippen LogP) is 1.81. The van der Waals surface area contributed by atoms with Gasteiger partial charge >= 0.3 is 0 Å². The van der Waals surface area contributed by atoms with E-state index in [-0.39, 0.29) is 12.5 Å². The van der Waals surface area contributed by atoms with Crippen molar-refractivity contribution in [3.8, 4) is 0 Å². The molecule has 0 aliphatic heterocycles.